The summed E-state index contributed by atoms with van der Waals surface area (Å²) in [5.41, 5.74) is 9.69. The summed E-state index contributed by atoms with van der Waals surface area (Å²) in [5, 5.41) is 107. The van der Waals surface area contributed by atoms with Gasteiger partial charge in [-0.05, 0) is 111 Å². The van der Waals surface area contributed by atoms with Crippen LogP contribution in [0.15, 0.2) is 200 Å². The lowest BCUT2D eigenvalue weighted by molar-refractivity contribution is 0.329. The molecule has 1 atom stereocenters. The molecule has 72 heavy (non-hydrogen) atoms. The molecule has 1 aliphatic rings. The third-order valence-electron chi connectivity index (χ3n) is 12.9. The van der Waals surface area contributed by atoms with E-state index in [0.29, 0.717) is 29.2 Å². The first-order valence-electron chi connectivity index (χ1n) is 22.9. The number of hydrogen-bond acceptors (Lipinski definition) is 12. The maximum atomic E-state index is 11.1. The molecule has 1 aliphatic carbocycles. The standard InChI is InChI=1S/C60H46N2O10/c63-51-49(52(64)56(68)59(71)55(51)67)61(45-25-17-37(18-26-45)35-9-3-1-4-10-35)47-29-21-39(22-30-47)41-13-7-15-43(33-41)44-16-8-14-42(34-44)40-23-31-48(32-24-40)62(50-53(65)57(69)60(72)58(70)54(50)66)46-27-19-38(20-28-46)36-11-5-2-6-12-36/h1-13,15-34,42,63-72H,14H2. The highest BCUT2D eigenvalue weighted by molar-refractivity contribution is 5.92. The second-order valence-corrected chi connectivity index (χ2v) is 17.3. The van der Waals surface area contributed by atoms with E-state index in [9.17, 15) is 51.1 Å². The van der Waals surface area contributed by atoms with Crippen molar-refractivity contribution in [2.24, 2.45) is 0 Å². The number of phenolic OH excluding ortho intramolecular Hbond substituents is 10. The molecule has 0 aromatic heterocycles. The molecule has 9 aromatic rings. The number of rotatable bonds is 11. The lowest BCUT2D eigenvalue weighted by atomic mass is 9.87. The quantitative estimate of drug-likeness (QED) is 0.0434. The number of benzene rings is 9. The zero-order valence-corrected chi connectivity index (χ0v) is 38.2. The van der Waals surface area contributed by atoms with Crippen molar-refractivity contribution < 1.29 is 51.1 Å². The van der Waals surface area contributed by atoms with Crippen molar-refractivity contribution in [3.63, 3.8) is 0 Å². The Morgan fingerprint density at radius 2 is 0.625 bits per heavy atom. The van der Waals surface area contributed by atoms with Gasteiger partial charge >= 0.3 is 0 Å². The van der Waals surface area contributed by atoms with Gasteiger partial charge in [0.2, 0.25) is 34.5 Å². The van der Waals surface area contributed by atoms with E-state index in [-0.39, 0.29) is 17.3 Å². The minimum absolute atomic E-state index is 0.0384. The van der Waals surface area contributed by atoms with Crippen molar-refractivity contribution >= 4 is 39.7 Å². The number of allylic oxidation sites excluding steroid dienone is 4. The van der Waals surface area contributed by atoms with E-state index in [1.165, 1.54) is 9.80 Å². The maximum absolute atomic E-state index is 11.1. The number of hydrogen-bond donors (Lipinski definition) is 10. The van der Waals surface area contributed by atoms with Crippen LogP contribution in [0, 0.1) is 0 Å². The van der Waals surface area contributed by atoms with Crippen LogP contribution in [0.2, 0.25) is 0 Å². The van der Waals surface area contributed by atoms with Gasteiger partial charge in [0.15, 0.2) is 23.0 Å². The average Bonchev–Trinajstić information content (AvgIpc) is 3.44. The highest BCUT2D eigenvalue weighted by atomic mass is 16.4. The van der Waals surface area contributed by atoms with Crippen LogP contribution in [0.1, 0.15) is 23.5 Å². The fraction of sp³-hybridized carbons (Fsp3) is 0.0333. The lowest BCUT2D eigenvalue weighted by Gasteiger charge is -2.28. The van der Waals surface area contributed by atoms with Gasteiger partial charge in [-0.15, -0.1) is 0 Å². The van der Waals surface area contributed by atoms with Crippen LogP contribution in [0.25, 0.3) is 39.0 Å². The van der Waals surface area contributed by atoms with Crippen molar-refractivity contribution in [2.45, 2.75) is 12.3 Å². The third-order valence-corrected chi connectivity index (χ3v) is 12.9. The summed E-state index contributed by atoms with van der Waals surface area (Å²) in [4.78, 5) is 2.96. The first-order chi connectivity index (χ1) is 34.9. The molecule has 0 amide bonds. The molecule has 0 heterocycles. The topological polar surface area (TPSA) is 209 Å². The van der Waals surface area contributed by atoms with E-state index in [1.54, 1.807) is 36.4 Å². The SMILES string of the molecule is Oc1c(O)c(O)c(N(c2ccc(-c3ccccc3)cc2)c2ccc(-c3cccc(C4=CC(c5ccc(N(c6ccc(-c7ccccc7)cc6)c6c(O)c(O)c(O)c(O)c6O)cc5)CC=C4)c3)cc2)c(O)c1O. The summed E-state index contributed by atoms with van der Waals surface area (Å²) >= 11 is 0. The highest BCUT2D eigenvalue weighted by Gasteiger charge is 2.31. The van der Waals surface area contributed by atoms with Crippen molar-refractivity contribution in [3.05, 3.63) is 211 Å². The predicted octanol–water partition coefficient (Wildman–Crippen LogP) is 13.8. The van der Waals surface area contributed by atoms with Crippen LogP contribution >= 0.6 is 0 Å². The fourth-order valence-electron chi connectivity index (χ4n) is 9.11. The Kier molecular flexibility index (Phi) is 12.0. The first-order valence-corrected chi connectivity index (χ1v) is 22.9. The molecule has 0 radical (unpaired) electrons. The molecule has 0 aliphatic heterocycles. The highest BCUT2D eigenvalue weighted by Crippen LogP contribution is 2.59. The lowest BCUT2D eigenvalue weighted by Crippen LogP contribution is -2.11. The second kappa shape index (κ2) is 18.9. The van der Waals surface area contributed by atoms with Crippen LogP contribution in [-0.4, -0.2) is 51.1 Å². The van der Waals surface area contributed by atoms with Gasteiger partial charge in [-0.25, -0.2) is 0 Å². The van der Waals surface area contributed by atoms with Gasteiger partial charge in [-0.3, -0.25) is 0 Å². The van der Waals surface area contributed by atoms with Crippen molar-refractivity contribution in [1.29, 1.82) is 0 Å². The molecule has 12 nitrogen and oxygen atoms in total. The zero-order valence-electron chi connectivity index (χ0n) is 38.2. The van der Waals surface area contributed by atoms with E-state index in [4.69, 9.17) is 0 Å². The molecule has 0 saturated heterocycles. The molecule has 9 aromatic carbocycles. The molecular formula is C60H46N2O10. The van der Waals surface area contributed by atoms with Crippen LogP contribution < -0.4 is 9.80 Å². The summed E-state index contributed by atoms with van der Waals surface area (Å²) in [6.07, 6.45) is 7.08. The molecule has 0 fully saturated rings. The Bertz CT molecular complexity index is 3470. The van der Waals surface area contributed by atoms with Gasteiger partial charge in [0.05, 0.1) is 0 Å². The average molecular weight is 955 g/mol. The van der Waals surface area contributed by atoms with E-state index < -0.39 is 57.5 Å². The molecule has 10 rings (SSSR count). The van der Waals surface area contributed by atoms with Gasteiger partial charge in [0.1, 0.15) is 11.4 Å². The predicted molar refractivity (Wildman–Crippen MR) is 280 cm³/mol. The molecule has 12 heteroatoms. The van der Waals surface area contributed by atoms with Gasteiger partial charge in [0, 0.05) is 28.7 Å². The Morgan fingerprint density at radius 1 is 0.306 bits per heavy atom. The summed E-state index contributed by atoms with van der Waals surface area (Å²) < 4.78 is 0. The third kappa shape index (κ3) is 8.39. The van der Waals surface area contributed by atoms with E-state index in [0.717, 1.165) is 50.1 Å². The smallest absolute Gasteiger partial charge is 0.208 e. The van der Waals surface area contributed by atoms with Gasteiger partial charge in [0.25, 0.3) is 0 Å². The number of aromatic hydroxyl groups is 10. The first kappa shape index (κ1) is 45.8. The molecule has 10 N–H and O–H groups in total. The van der Waals surface area contributed by atoms with Gasteiger partial charge < -0.3 is 60.9 Å². The fourth-order valence-corrected chi connectivity index (χ4v) is 9.11. The normalized spacial score (nSPS) is 13.1. The van der Waals surface area contributed by atoms with Crippen LogP contribution in [0.3, 0.4) is 0 Å². The number of phenols is 10. The van der Waals surface area contributed by atoms with Crippen molar-refractivity contribution in [2.75, 3.05) is 9.80 Å². The molecule has 1 unspecified atom stereocenters. The van der Waals surface area contributed by atoms with Crippen molar-refractivity contribution in [1.82, 2.24) is 0 Å². The molecular weight excluding hydrogens is 909 g/mol. The number of anilines is 6. The summed E-state index contributed by atoms with van der Waals surface area (Å²) in [6, 6.07) is 57.0. The zero-order chi connectivity index (χ0) is 50.2. The molecule has 0 bridgehead atoms. The van der Waals surface area contributed by atoms with E-state index in [2.05, 4.69) is 24.3 Å². The van der Waals surface area contributed by atoms with Gasteiger partial charge in [-0.2, -0.15) is 0 Å². The summed E-state index contributed by atoms with van der Waals surface area (Å²) in [6.45, 7) is 0. The largest absolute Gasteiger partial charge is 0.503 e. The molecule has 0 saturated carbocycles. The summed E-state index contributed by atoms with van der Waals surface area (Å²) in [7, 11) is 0. The Labute approximate surface area is 413 Å². The van der Waals surface area contributed by atoms with E-state index in [1.807, 2.05) is 140 Å². The Hall–Kier alpha value is -9.94. The minimum atomic E-state index is -1.06. The maximum Gasteiger partial charge on any atom is 0.208 e. The monoisotopic (exact) mass is 954 g/mol. The Morgan fingerprint density at radius 3 is 1.03 bits per heavy atom. The summed E-state index contributed by atoms with van der Waals surface area (Å²) in [5.74, 6) is -9.43. The van der Waals surface area contributed by atoms with Crippen LogP contribution in [0.4, 0.5) is 34.1 Å². The Balaban J connectivity index is 0.943. The second-order valence-electron chi connectivity index (χ2n) is 17.3. The van der Waals surface area contributed by atoms with Gasteiger partial charge in [-0.1, -0.05) is 146 Å². The number of nitrogens with zero attached hydrogens (tertiary/aromatic N) is 2. The van der Waals surface area contributed by atoms with Crippen LogP contribution in [0.5, 0.6) is 57.5 Å². The van der Waals surface area contributed by atoms with Crippen LogP contribution in [-0.2, 0) is 0 Å². The van der Waals surface area contributed by atoms with E-state index >= 15 is 0 Å². The molecule has 0 spiro atoms. The minimum Gasteiger partial charge on any atom is -0.503 e. The molecule has 356 valence electrons. The van der Waals surface area contributed by atoms with Crippen molar-refractivity contribution in [3.8, 4) is 90.9 Å².